The molecular formula is C26H23ClF6N2O5S. The van der Waals surface area contributed by atoms with E-state index in [1.165, 1.54) is 6.07 Å². The van der Waals surface area contributed by atoms with Crippen molar-refractivity contribution in [1.29, 1.82) is 0 Å². The van der Waals surface area contributed by atoms with E-state index in [-0.39, 0.29) is 11.3 Å². The highest BCUT2D eigenvalue weighted by Gasteiger charge is 2.31. The van der Waals surface area contributed by atoms with Crippen LogP contribution in [0.3, 0.4) is 0 Å². The Balaban J connectivity index is 2.16. The molecule has 0 aromatic heterocycles. The summed E-state index contributed by atoms with van der Waals surface area (Å²) >= 11 is 5.55. The molecule has 0 spiro atoms. The van der Waals surface area contributed by atoms with Crippen molar-refractivity contribution >= 4 is 39.1 Å². The molecule has 3 N–H and O–H groups in total. The lowest BCUT2D eigenvalue weighted by molar-refractivity contribution is -0.137. The number of benzene rings is 3. The van der Waals surface area contributed by atoms with Gasteiger partial charge >= 0.3 is 12.2 Å². The van der Waals surface area contributed by atoms with Crippen LogP contribution in [0.4, 0.5) is 42.5 Å². The minimum absolute atomic E-state index is 0.258. The molecule has 0 aliphatic rings. The second kappa shape index (κ2) is 11.4. The lowest BCUT2D eigenvalue weighted by Crippen LogP contribution is -2.24. The van der Waals surface area contributed by atoms with Crippen molar-refractivity contribution in [3.63, 3.8) is 0 Å². The summed E-state index contributed by atoms with van der Waals surface area (Å²) in [7, 11) is -5.08. The Morgan fingerprint density at radius 2 is 1.56 bits per heavy atom. The van der Waals surface area contributed by atoms with Crippen molar-refractivity contribution in [2.45, 2.75) is 50.6 Å². The quantitative estimate of drug-likeness (QED) is 0.106. The van der Waals surface area contributed by atoms with Gasteiger partial charge in [-0.25, -0.2) is 18.0 Å². The number of carbonyl (C=O) groups is 1. The minimum atomic E-state index is -5.08. The van der Waals surface area contributed by atoms with Crippen molar-refractivity contribution in [3.05, 3.63) is 75.6 Å². The topological polar surface area (TPSA) is 105 Å². The van der Waals surface area contributed by atoms with Gasteiger partial charge in [0, 0.05) is 5.56 Å². The van der Waals surface area contributed by atoms with Crippen LogP contribution in [0, 0.1) is 24.4 Å². The Morgan fingerprint density at radius 1 is 0.976 bits per heavy atom. The number of nitrogens with one attached hydrogen (secondary N) is 2. The summed E-state index contributed by atoms with van der Waals surface area (Å²) < 4.78 is 122. The molecule has 0 saturated carbocycles. The van der Waals surface area contributed by atoms with Gasteiger partial charge in [0.2, 0.25) is 0 Å². The highest BCUT2D eigenvalue weighted by Crippen LogP contribution is 2.42. The number of hydrogen-bond donors (Lipinski definition) is 3. The summed E-state index contributed by atoms with van der Waals surface area (Å²) in [5.41, 5.74) is -3.70. The number of ether oxygens (including phenoxy) is 1. The van der Waals surface area contributed by atoms with Crippen LogP contribution in [0.1, 0.15) is 43.9 Å². The summed E-state index contributed by atoms with van der Waals surface area (Å²) in [5, 5.41) is 3.10. The summed E-state index contributed by atoms with van der Waals surface area (Å²) in [6.45, 7) is 6.22. The maximum Gasteiger partial charge on any atom is 0.416 e. The van der Waals surface area contributed by atoms with Gasteiger partial charge in [-0.2, -0.15) is 21.6 Å². The summed E-state index contributed by atoms with van der Waals surface area (Å²) in [5.74, 6) is -5.87. The van der Waals surface area contributed by atoms with Crippen LogP contribution >= 0.6 is 11.6 Å². The Morgan fingerprint density at radius 3 is 2.07 bits per heavy atom. The molecule has 15 heteroatoms. The number of alkyl halides is 3. The van der Waals surface area contributed by atoms with E-state index in [4.69, 9.17) is 16.3 Å². The van der Waals surface area contributed by atoms with E-state index in [9.17, 15) is 44.1 Å². The van der Waals surface area contributed by atoms with Gasteiger partial charge in [-0.15, -0.1) is 0 Å². The molecule has 3 aromatic carbocycles. The third kappa shape index (κ3) is 6.88. The first-order valence-electron chi connectivity index (χ1n) is 11.7. The molecule has 0 unspecified atom stereocenters. The van der Waals surface area contributed by atoms with E-state index in [0.717, 1.165) is 25.1 Å². The van der Waals surface area contributed by atoms with Gasteiger partial charge < -0.3 is 15.4 Å². The van der Waals surface area contributed by atoms with Crippen molar-refractivity contribution in [3.8, 4) is 11.5 Å². The third-order valence-electron chi connectivity index (χ3n) is 6.37. The maximum absolute atomic E-state index is 14.6. The van der Waals surface area contributed by atoms with Gasteiger partial charge in [0.15, 0.2) is 23.2 Å². The van der Waals surface area contributed by atoms with Crippen LogP contribution < -0.4 is 15.4 Å². The van der Waals surface area contributed by atoms with Gasteiger partial charge in [0.25, 0.3) is 10.1 Å². The predicted molar refractivity (Wildman–Crippen MR) is 140 cm³/mol. The van der Waals surface area contributed by atoms with E-state index in [1.807, 2.05) is 0 Å². The molecule has 0 saturated heterocycles. The van der Waals surface area contributed by atoms with Crippen molar-refractivity contribution in [1.82, 2.24) is 0 Å². The Kier molecular flexibility index (Phi) is 8.92. The Hall–Kier alpha value is -3.49. The monoisotopic (exact) mass is 624 g/mol. The molecule has 222 valence electrons. The number of halogens is 7. The molecule has 0 heterocycles. The van der Waals surface area contributed by atoms with E-state index < -0.39 is 83.4 Å². The van der Waals surface area contributed by atoms with Crippen LogP contribution in [-0.4, -0.2) is 19.0 Å². The van der Waals surface area contributed by atoms with E-state index >= 15 is 0 Å². The average molecular weight is 625 g/mol. The lowest BCUT2D eigenvalue weighted by Gasteiger charge is -2.26. The molecule has 2 amide bonds. The zero-order valence-electron chi connectivity index (χ0n) is 21.8. The summed E-state index contributed by atoms with van der Waals surface area (Å²) in [4.78, 5) is 12.0. The molecule has 3 aromatic rings. The SMILES string of the molecule is CCC(C)(C)c1cc(NC(=O)Nc2c(F)c(C)c(Cl)c(F)c2F)c(Oc2ccc(C(F)(F)F)cc2)c(S(=O)(=O)O)c1. The molecule has 3 rings (SSSR count). The van der Waals surface area contributed by atoms with E-state index in [1.54, 1.807) is 26.1 Å². The minimum Gasteiger partial charge on any atom is -0.454 e. The summed E-state index contributed by atoms with van der Waals surface area (Å²) in [6, 6.07) is 3.95. The standard InChI is InChI=1S/C26H23ClF6N2O5S/c1-5-25(3,4)14-10-16(34-24(36)35-22-19(28)12(2)18(27)20(29)21(22)30)23(17(11-14)41(37,38)39)40-15-8-6-13(7-9-15)26(31,32)33/h6-11H,5H2,1-4H3,(H2,34,35,36)(H,37,38,39). The molecule has 7 nitrogen and oxygen atoms in total. The smallest absolute Gasteiger partial charge is 0.416 e. The van der Waals surface area contributed by atoms with Crippen molar-refractivity contribution < 1.29 is 48.8 Å². The number of rotatable bonds is 7. The van der Waals surface area contributed by atoms with Crippen LogP contribution in [0.25, 0.3) is 0 Å². The molecular weight excluding hydrogens is 602 g/mol. The second-order valence-electron chi connectivity index (χ2n) is 9.52. The molecule has 0 aliphatic heterocycles. The fourth-order valence-electron chi connectivity index (χ4n) is 3.54. The van der Waals surface area contributed by atoms with Gasteiger partial charge in [-0.05, 0) is 60.7 Å². The maximum atomic E-state index is 14.6. The molecule has 0 atom stereocenters. The van der Waals surface area contributed by atoms with Gasteiger partial charge in [0.1, 0.15) is 16.3 Å². The van der Waals surface area contributed by atoms with Crippen LogP contribution in [-0.2, 0) is 21.7 Å². The highest BCUT2D eigenvalue weighted by atomic mass is 35.5. The van der Waals surface area contributed by atoms with Crippen LogP contribution in [0.5, 0.6) is 11.5 Å². The number of carbonyl (C=O) groups excluding carboxylic acids is 1. The second-order valence-corrected chi connectivity index (χ2v) is 11.3. The lowest BCUT2D eigenvalue weighted by atomic mass is 9.82. The number of anilines is 2. The molecule has 0 bridgehead atoms. The number of amides is 2. The first-order valence-corrected chi connectivity index (χ1v) is 13.5. The molecule has 41 heavy (non-hydrogen) atoms. The molecule has 0 fully saturated rings. The summed E-state index contributed by atoms with van der Waals surface area (Å²) in [6.07, 6.45) is -4.25. The number of hydrogen-bond acceptors (Lipinski definition) is 4. The van der Waals surface area contributed by atoms with Crippen LogP contribution in [0.15, 0.2) is 41.3 Å². The zero-order chi connectivity index (χ0) is 31.1. The Bertz CT molecular complexity index is 1580. The normalized spacial score (nSPS) is 12.3. The fourth-order valence-corrected chi connectivity index (χ4v) is 4.37. The van der Waals surface area contributed by atoms with Crippen molar-refractivity contribution in [2.75, 3.05) is 10.6 Å². The number of urea groups is 1. The average Bonchev–Trinajstić information content (AvgIpc) is 2.88. The Labute approximate surface area is 236 Å². The first kappa shape index (κ1) is 32.0. The molecule has 0 radical (unpaired) electrons. The van der Waals surface area contributed by atoms with Crippen molar-refractivity contribution in [2.24, 2.45) is 0 Å². The van der Waals surface area contributed by atoms with Gasteiger partial charge in [-0.3, -0.25) is 4.55 Å². The predicted octanol–water partition coefficient (Wildman–Crippen LogP) is 8.46. The van der Waals surface area contributed by atoms with Gasteiger partial charge in [-0.1, -0.05) is 32.4 Å². The van der Waals surface area contributed by atoms with Gasteiger partial charge in [0.05, 0.1) is 16.3 Å². The van der Waals surface area contributed by atoms with E-state index in [0.29, 0.717) is 18.6 Å². The highest BCUT2D eigenvalue weighted by molar-refractivity contribution is 7.86. The first-order chi connectivity index (χ1) is 18.8. The van der Waals surface area contributed by atoms with E-state index in [2.05, 4.69) is 5.32 Å². The van der Waals surface area contributed by atoms with Crippen LogP contribution in [0.2, 0.25) is 5.02 Å². The molecule has 0 aliphatic carbocycles. The largest absolute Gasteiger partial charge is 0.454 e. The third-order valence-corrected chi connectivity index (χ3v) is 7.68. The fraction of sp³-hybridized carbons (Fsp3) is 0.269. The zero-order valence-corrected chi connectivity index (χ0v) is 23.4.